The minimum Gasteiger partial charge on any atom is -0.375 e. The molecule has 3 heterocycles. The Kier molecular flexibility index (Phi) is 7.47. The number of benzene rings is 1. The van der Waals surface area contributed by atoms with Gasteiger partial charge in [0.05, 0.1) is 16.6 Å². The van der Waals surface area contributed by atoms with Crippen LogP contribution in [0.3, 0.4) is 0 Å². The molecule has 2 aromatic heterocycles. The van der Waals surface area contributed by atoms with E-state index < -0.39 is 0 Å². The van der Waals surface area contributed by atoms with Crippen molar-refractivity contribution in [3.05, 3.63) is 52.8 Å². The van der Waals surface area contributed by atoms with Crippen LogP contribution in [0.15, 0.2) is 30.3 Å². The monoisotopic (exact) mass is 478 g/mol. The van der Waals surface area contributed by atoms with Gasteiger partial charge in [0, 0.05) is 51.7 Å². The Bertz CT molecular complexity index is 1240. The van der Waals surface area contributed by atoms with E-state index in [4.69, 9.17) is 4.74 Å². The lowest BCUT2D eigenvalue weighted by Crippen LogP contribution is -2.37. The van der Waals surface area contributed by atoms with Gasteiger partial charge < -0.3 is 19.4 Å². The van der Waals surface area contributed by atoms with E-state index in [2.05, 4.69) is 22.0 Å². The number of fused-ring (bicyclic) bond motifs is 2. The summed E-state index contributed by atoms with van der Waals surface area (Å²) in [6, 6.07) is 9.68. The third-order valence-electron chi connectivity index (χ3n) is 6.50. The van der Waals surface area contributed by atoms with Crippen molar-refractivity contribution >= 4 is 28.5 Å². The first-order chi connectivity index (χ1) is 16.8. The molecule has 0 saturated heterocycles. The number of hydrogen-bond donors (Lipinski definition) is 0. The molecule has 1 aromatic carbocycles. The standard InChI is InChI=1S/C26H34N6O3/c1-18-15-21(24-19(2)28-30(4)25(24)27-18)26(34)31-14-13-29(3)11-8-12-32(23(33)17-35-5)22-10-7-6-9-20(22)16-31/h6-7,9-10,15H,8,11-14,16-17H2,1-5H3. The zero-order valence-corrected chi connectivity index (χ0v) is 21.2. The Morgan fingerprint density at radius 1 is 1.06 bits per heavy atom. The fraction of sp³-hybridized carbons (Fsp3) is 0.462. The van der Waals surface area contributed by atoms with Gasteiger partial charge in [0.25, 0.3) is 11.8 Å². The molecule has 0 atom stereocenters. The molecule has 0 fully saturated rings. The van der Waals surface area contributed by atoms with Gasteiger partial charge in [-0.2, -0.15) is 5.10 Å². The highest BCUT2D eigenvalue weighted by molar-refractivity contribution is 6.06. The van der Waals surface area contributed by atoms with Crippen molar-refractivity contribution in [1.29, 1.82) is 0 Å². The van der Waals surface area contributed by atoms with Crippen LogP contribution in [0.2, 0.25) is 0 Å². The molecule has 9 heteroatoms. The molecule has 186 valence electrons. The summed E-state index contributed by atoms with van der Waals surface area (Å²) in [5.41, 5.74) is 4.63. The summed E-state index contributed by atoms with van der Waals surface area (Å²) in [5.74, 6) is -0.147. The van der Waals surface area contributed by atoms with Gasteiger partial charge in [-0.25, -0.2) is 4.98 Å². The third-order valence-corrected chi connectivity index (χ3v) is 6.50. The molecule has 35 heavy (non-hydrogen) atoms. The Balaban J connectivity index is 1.77. The summed E-state index contributed by atoms with van der Waals surface area (Å²) in [5, 5.41) is 5.29. The van der Waals surface area contributed by atoms with Crippen LogP contribution in [0.4, 0.5) is 5.69 Å². The number of carbonyl (C=O) groups excluding carboxylic acids is 2. The Morgan fingerprint density at radius 3 is 2.60 bits per heavy atom. The minimum atomic E-state index is -0.0859. The number of aromatic nitrogens is 3. The number of pyridine rings is 1. The molecular formula is C26H34N6O3. The molecule has 0 bridgehead atoms. The number of methoxy groups -OCH3 is 1. The van der Waals surface area contributed by atoms with Gasteiger partial charge in [-0.3, -0.25) is 14.3 Å². The summed E-state index contributed by atoms with van der Waals surface area (Å²) in [6.07, 6.45) is 0.827. The predicted octanol–water partition coefficient (Wildman–Crippen LogP) is 2.54. The van der Waals surface area contributed by atoms with Crippen LogP contribution < -0.4 is 4.90 Å². The number of amides is 2. The fourth-order valence-electron chi connectivity index (χ4n) is 4.76. The largest absolute Gasteiger partial charge is 0.375 e. The van der Waals surface area contributed by atoms with Crippen LogP contribution in [0.25, 0.3) is 11.0 Å². The number of hydrogen-bond acceptors (Lipinski definition) is 6. The molecule has 4 rings (SSSR count). The molecule has 0 unspecified atom stereocenters. The molecule has 0 radical (unpaired) electrons. The van der Waals surface area contributed by atoms with Crippen LogP contribution in [-0.2, 0) is 23.1 Å². The number of para-hydroxylation sites is 1. The van der Waals surface area contributed by atoms with Crippen LogP contribution in [-0.4, -0.2) is 83.3 Å². The molecule has 1 aliphatic rings. The normalized spacial score (nSPS) is 15.7. The van der Waals surface area contributed by atoms with Gasteiger partial charge >= 0.3 is 0 Å². The highest BCUT2D eigenvalue weighted by Gasteiger charge is 2.26. The van der Waals surface area contributed by atoms with Crippen LogP contribution in [0, 0.1) is 13.8 Å². The average molecular weight is 479 g/mol. The first-order valence-corrected chi connectivity index (χ1v) is 12.0. The van der Waals surface area contributed by atoms with Gasteiger partial charge in [-0.05, 0) is 51.6 Å². The van der Waals surface area contributed by atoms with E-state index in [-0.39, 0.29) is 18.4 Å². The lowest BCUT2D eigenvalue weighted by atomic mass is 10.1. The van der Waals surface area contributed by atoms with Crippen molar-refractivity contribution in [3.8, 4) is 0 Å². The molecular weight excluding hydrogens is 444 g/mol. The number of likely N-dealkylation sites (N-methyl/N-ethyl adjacent to an activating group) is 1. The Hall–Kier alpha value is -3.30. The number of carbonyl (C=O) groups is 2. The molecule has 0 N–H and O–H groups in total. The van der Waals surface area contributed by atoms with E-state index in [0.29, 0.717) is 30.8 Å². The van der Waals surface area contributed by atoms with E-state index in [1.165, 1.54) is 7.11 Å². The second-order valence-electron chi connectivity index (χ2n) is 9.21. The maximum atomic E-state index is 14.1. The lowest BCUT2D eigenvalue weighted by Gasteiger charge is -2.28. The van der Waals surface area contributed by atoms with Crippen molar-refractivity contribution < 1.29 is 14.3 Å². The number of ether oxygens (including phenoxy) is 1. The van der Waals surface area contributed by atoms with E-state index in [9.17, 15) is 9.59 Å². The summed E-state index contributed by atoms with van der Waals surface area (Å²) < 4.78 is 6.87. The lowest BCUT2D eigenvalue weighted by molar-refractivity contribution is -0.122. The quantitative estimate of drug-likeness (QED) is 0.575. The first kappa shape index (κ1) is 24.8. The topological polar surface area (TPSA) is 83.8 Å². The summed E-state index contributed by atoms with van der Waals surface area (Å²) in [6.45, 7) is 6.93. The number of anilines is 1. The highest BCUT2D eigenvalue weighted by Crippen LogP contribution is 2.27. The number of nitrogens with zero attached hydrogens (tertiary/aromatic N) is 6. The second-order valence-corrected chi connectivity index (χ2v) is 9.21. The van der Waals surface area contributed by atoms with Crippen LogP contribution in [0.1, 0.15) is 33.7 Å². The number of aryl methyl sites for hydroxylation is 3. The Morgan fingerprint density at radius 2 is 1.83 bits per heavy atom. The molecule has 2 amide bonds. The highest BCUT2D eigenvalue weighted by atomic mass is 16.5. The van der Waals surface area contributed by atoms with Gasteiger partial charge in [0.15, 0.2) is 5.65 Å². The van der Waals surface area contributed by atoms with E-state index in [0.717, 1.165) is 47.5 Å². The molecule has 0 saturated carbocycles. The first-order valence-electron chi connectivity index (χ1n) is 12.0. The molecule has 0 spiro atoms. The fourth-order valence-corrected chi connectivity index (χ4v) is 4.76. The maximum Gasteiger partial charge on any atom is 0.255 e. The van der Waals surface area contributed by atoms with Gasteiger partial charge in [-0.1, -0.05) is 18.2 Å². The van der Waals surface area contributed by atoms with E-state index >= 15 is 0 Å². The molecule has 1 aliphatic heterocycles. The Labute approximate surface area is 206 Å². The van der Waals surface area contributed by atoms with Crippen molar-refractivity contribution in [2.24, 2.45) is 7.05 Å². The SMILES string of the molecule is COCC(=O)N1CCCN(C)CCN(C(=O)c2cc(C)nc3c2c(C)nn3C)Cc2ccccc21. The zero-order chi connectivity index (χ0) is 25.1. The minimum absolute atomic E-state index is 0.0153. The summed E-state index contributed by atoms with van der Waals surface area (Å²) >= 11 is 0. The predicted molar refractivity (Wildman–Crippen MR) is 136 cm³/mol. The molecule has 0 aliphatic carbocycles. The van der Waals surface area contributed by atoms with Crippen molar-refractivity contribution in [1.82, 2.24) is 24.6 Å². The van der Waals surface area contributed by atoms with Crippen LogP contribution >= 0.6 is 0 Å². The second kappa shape index (κ2) is 10.5. The summed E-state index contributed by atoms with van der Waals surface area (Å²) in [7, 11) is 5.43. The maximum absolute atomic E-state index is 14.1. The smallest absolute Gasteiger partial charge is 0.255 e. The average Bonchev–Trinajstić information content (AvgIpc) is 3.10. The van der Waals surface area contributed by atoms with Crippen molar-refractivity contribution in [2.75, 3.05) is 51.8 Å². The number of rotatable bonds is 3. The molecule has 9 nitrogen and oxygen atoms in total. The van der Waals surface area contributed by atoms with Crippen molar-refractivity contribution in [3.63, 3.8) is 0 Å². The third kappa shape index (κ3) is 5.21. The van der Waals surface area contributed by atoms with E-state index in [1.54, 1.807) is 9.58 Å². The van der Waals surface area contributed by atoms with E-state index in [1.807, 2.05) is 56.1 Å². The summed E-state index contributed by atoms with van der Waals surface area (Å²) in [4.78, 5) is 37.5. The van der Waals surface area contributed by atoms with Crippen LogP contribution in [0.5, 0.6) is 0 Å². The van der Waals surface area contributed by atoms with Crippen molar-refractivity contribution in [2.45, 2.75) is 26.8 Å². The van der Waals surface area contributed by atoms with Gasteiger partial charge in [0.2, 0.25) is 0 Å². The van der Waals surface area contributed by atoms with Gasteiger partial charge in [-0.15, -0.1) is 0 Å². The molecule has 3 aromatic rings. The van der Waals surface area contributed by atoms with Gasteiger partial charge in [0.1, 0.15) is 6.61 Å². The zero-order valence-electron chi connectivity index (χ0n) is 21.2.